The van der Waals surface area contributed by atoms with Crippen molar-refractivity contribution in [1.82, 2.24) is 5.43 Å². The smallest absolute Gasteiger partial charge is 0.123 e. The highest BCUT2D eigenvalue weighted by Gasteiger charge is 2.14. The summed E-state index contributed by atoms with van der Waals surface area (Å²) in [4.78, 5) is 1.16. The maximum absolute atomic E-state index is 13.2. The highest BCUT2D eigenvalue weighted by molar-refractivity contribution is 9.10. The van der Waals surface area contributed by atoms with Crippen LogP contribution in [0.3, 0.4) is 0 Å². The second kappa shape index (κ2) is 7.22. The maximum Gasteiger partial charge on any atom is 0.123 e. The number of rotatable bonds is 5. The minimum atomic E-state index is -0.222. The van der Waals surface area contributed by atoms with Crippen molar-refractivity contribution in [3.05, 3.63) is 63.9 Å². The molecular formula is C15H16BrFN2S. The van der Waals surface area contributed by atoms with Gasteiger partial charge in [0.25, 0.3) is 0 Å². The largest absolute Gasteiger partial charge is 0.271 e. The third-order valence-corrected chi connectivity index (χ3v) is 5.17. The molecule has 2 aromatic carbocycles. The fourth-order valence-corrected chi connectivity index (χ4v) is 3.62. The molecule has 0 spiro atoms. The molecule has 0 aliphatic heterocycles. The van der Waals surface area contributed by atoms with Crippen LogP contribution in [0.2, 0.25) is 0 Å². The Morgan fingerprint density at radius 3 is 2.70 bits per heavy atom. The Morgan fingerprint density at radius 2 is 2.05 bits per heavy atom. The summed E-state index contributed by atoms with van der Waals surface area (Å²) in [6, 6.07) is 12.8. The predicted molar refractivity (Wildman–Crippen MR) is 86.1 cm³/mol. The molecule has 0 bridgehead atoms. The minimum absolute atomic E-state index is 0.0206. The second-order valence-electron chi connectivity index (χ2n) is 4.46. The molecule has 0 aromatic heterocycles. The molecule has 5 heteroatoms. The molecule has 0 heterocycles. The fraction of sp³-hybridized carbons (Fsp3) is 0.200. The zero-order chi connectivity index (χ0) is 14.5. The van der Waals surface area contributed by atoms with Crippen molar-refractivity contribution in [3.63, 3.8) is 0 Å². The number of halogens is 2. The molecule has 0 aliphatic rings. The lowest BCUT2D eigenvalue weighted by Gasteiger charge is -2.18. The Balaban J connectivity index is 2.11. The van der Waals surface area contributed by atoms with Gasteiger partial charge in [-0.3, -0.25) is 11.3 Å². The van der Waals surface area contributed by atoms with Crippen molar-refractivity contribution in [1.29, 1.82) is 0 Å². The monoisotopic (exact) mass is 354 g/mol. The highest BCUT2D eigenvalue weighted by atomic mass is 79.9. The van der Waals surface area contributed by atoms with Crippen LogP contribution in [0.4, 0.5) is 4.39 Å². The number of hydrazine groups is 1. The second-order valence-corrected chi connectivity index (χ2v) is 6.38. The van der Waals surface area contributed by atoms with E-state index >= 15 is 0 Å². The molecule has 3 N–H and O–H groups in total. The molecule has 0 saturated heterocycles. The average Bonchev–Trinajstić information content (AvgIpc) is 2.43. The van der Waals surface area contributed by atoms with E-state index in [1.165, 1.54) is 12.1 Å². The van der Waals surface area contributed by atoms with Gasteiger partial charge in [-0.25, -0.2) is 4.39 Å². The van der Waals surface area contributed by atoms with Gasteiger partial charge in [-0.05, 0) is 58.2 Å². The van der Waals surface area contributed by atoms with Crippen molar-refractivity contribution in [2.45, 2.75) is 17.9 Å². The van der Waals surface area contributed by atoms with Gasteiger partial charge in [0.1, 0.15) is 5.82 Å². The van der Waals surface area contributed by atoms with E-state index in [1.807, 2.05) is 25.1 Å². The van der Waals surface area contributed by atoms with Crippen LogP contribution < -0.4 is 11.3 Å². The van der Waals surface area contributed by atoms with Crippen molar-refractivity contribution < 1.29 is 4.39 Å². The normalized spacial score (nSPS) is 12.4. The lowest BCUT2D eigenvalue weighted by molar-refractivity contribution is 0.597. The molecule has 0 amide bonds. The number of nitrogens with two attached hydrogens (primary N) is 1. The molecule has 2 aromatic rings. The van der Waals surface area contributed by atoms with Gasteiger partial charge in [0.05, 0.1) is 6.04 Å². The summed E-state index contributed by atoms with van der Waals surface area (Å²) in [6.45, 7) is 1.89. The van der Waals surface area contributed by atoms with Gasteiger partial charge in [0.15, 0.2) is 0 Å². The Hall–Kier alpha value is -0.880. The van der Waals surface area contributed by atoms with Gasteiger partial charge in [-0.1, -0.05) is 18.2 Å². The van der Waals surface area contributed by atoms with Crippen molar-refractivity contribution in [3.8, 4) is 0 Å². The van der Waals surface area contributed by atoms with Crippen LogP contribution in [0, 0.1) is 12.7 Å². The summed E-state index contributed by atoms with van der Waals surface area (Å²) in [5, 5.41) is 0. The fourth-order valence-electron chi connectivity index (χ4n) is 1.99. The van der Waals surface area contributed by atoms with E-state index in [-0.39, 0.29) is 11.9 Å². The molecule has 20 heavy (non-hydrogen) atoms. The Kier molecular flexibility index (Phi) is 5.60. The highest BCUT2D eigenvalue weighted by Crippen LogP contribution is 2.31. The van der Waals surface area contributed by atoms with Crippen LogP contribution in [0.15, 0.2) is 51.8 Å². The molecule has 1 unspecified atom stereocenters. The summed E-state index contributed by atoms with van der Waals surface area (Å²) in [6.07, 6.45) is 0. The van der Waals surface area contributed by atoms with E-state index in [1.54, 1.807) is 17.8 Å². The first kappa shape index (κ1) is 15.5. The van der Waals surface area contributed by atoms with Gasteiger partial charge >= 0.3 is 0 Å². The molecule has 106 valence electrons. The number of hydrogen-bond donors (Lipinski definition) is 2. The van der Waals surface area contributed by atoms with E-state index < -0.39 is 0 Å². The van der Waals surface area contributed by atoms with E-state index in [2.05, 4.69) is 27.4 Å². The maximum atomic E-state index is 13.2. The van der Waals surface area contributed by atoms with Gasteiger partial charge in [0.2, 0.25) is 0 Å². The molecule has 0 radical (unpaired) electrons. The third-order valence-electron chi connectivity index (χ3n) is 3.05. The van der Waals surface area contributed by atoms with Crippen LogP contribution in [0.5, 0.6) is 0 Å². The minimum Gasteiger partial charge on any atom is -0.271 e. The van der Waals surface area contributed by atoms with Crippen LogP contribution in [-0.4, -0.2) is 5.75 Å². The average molecular weight is 355 g/mol. The van der Waals surface area contributed by atoms with Crippen LogP contribution >= 0.6 is 27.7 Å². The van der Waals surface area contributed by atoms with Crippen molar-refractivity contribution in [2.75, 3.05) is 5.75 Å². The van der Waals surface area contributed by atoms with Gasteiger partial charge in [0, 0.05) is 15.1 Å². The third kappa shape index (κ3) is 3.82. The molecule has 1 atom stereocenters. The molecule has 2 nitrogen and oxygen atoms in total. The van der Waals surface area contributed by atoms with E-state index in [9.17, 15) is 4.39 Å². The Labute approximate surface area is 131 Å². The SMILES string of the molecule is Cc1cc(F)ccc1C(CSc1ccccc1Br)NN. The lowest BCUT2D eigenvalue weighted by Crippen LogP contribution is -2.30. The molecule has 2 rings (SSSR count). The predicted octanol–water partition coefficient (Wildman–Crippen LogP) is 4.19. The lowest BCUT2D eigenvalue weighted by atomic mass is 10.0. The van der Waals surface area contributed by atoms with Crippen LogP contribution in [-0.2, 0) is 0 Å². The Bertz CT molecular complexity index is 592. The van der Waals surface area contributed by atoms with Crippen molar-refractivity contribution >= 4 is 27.7 Å². The number of nitrogens with one attached hydrogen (secondary N) is 1. The number of benzene rings is 2. The van der Waals surface area contributed by atoms with E-state index in [0.717, 1.165) is 26.2 Å². The summed E-state index contributed by atoms with van der Waals surface area (Å²) in [5.41, 5.74) is 4.73. The van der Waals surface area contributed by atoms with E-state index in [4.69, 9.17) is 5.84 Å². The first-order chi connectivity index (χ1) is 9.61. The summed E-state index contributed by atoms with van der Waals surface area (Å²) in [7, 11) is 0. The number of aryl methyl sites for hydroxylation is 1. The first-order valence-electron chi connectivity index (χ1n) is 6.21. The molecule has 0 saturated carbocycles. The summed E-state index contributed by atoms with van der Waals surface area (Å²) in [5.74, 6) is 6.19. The molecule has 0 fully saturated rings. The molecular weight excluding hydrogens is 339 g/mol. The van der Waals surface area contributed by atoms with E-state index in [0.29, 0.717) is 0 Å². The zero-order valence-corrected chi connectivity index (χ0v) is 13.5. The van der Waals surface area contributed by atoms with Crippen LogP contribution in [0.25, 0.3) is 0 Å². The quantitative estimate of drug-likeness (QED) is 0.480. The van der Waals surface area contributed by atoms with Gasteiger partial charge < -0.3 is 0 Å². The summed E-state index contributed by atoms with van der Waals surface area (Å²) >= 11 is 5.23. The number of thioether (sulfide) groups is 1. The van der Waals surface area contributed by atoms with Crippen LogP contribution in [0.1, 0.15) is 17.2 Å². The first-order valence-corrected chi connectivity index (χ1v) is 7.99. The number of hydrogen-bond acceptors (Lipinski definition) is 3. The Morgan fingerprint density at radius 1 is 1.30 bits per heavy atom. The topological polar surface area (TPSA) is 38.0 Å². The van der Waals surface area contributed by atoms with Crippen molar-refractivity contribution in [2.24, 2.45) is 5.84 Å². The standard InChI is InChI=1S/C15H16BrFN2S/c1-10-8-11(17)6-7-12(10)14(19-18)9-20-15-5-3-2-4-13(15)16/h2-8,14,19H,9,18H2,1H3. The van der Waals surface area contributed by atoms with Gasteiger partial charge in [-0.15, -0.1) is 11.8 Å². The molecule has 0 aliphatic carbocycles. The zero-order valence-electron chi connectivity index (χ0n) is 11.1. The van der Waals surface area contributed by atoms with Gasteiger partial charge in [-0.2, -0.15) is 0 Å². The summed E-state index contributed by atoms with van der Waals surface area (Å²) < 4.78 is 14.2.